The Hall–Kier alpha value is -3.06. The molecule has 27 heavy (non-hydrogen) atoms. The fourth-order valence-corrected chi connectivity index (χ4v) is 2.82. The topological polar surface area (TPSA) is 87.7 Å². The van der Waals surface area contributed by atoms with Gasteiger partial charge in [0, 0.05) is 17.5 Å². The van der Waals surface area contributed by atoms with Crippen LogP contribution in [0.15, 0.2) is 51.5 Å². The van der Waals surface area contributed by atoms with Crippen molar-refractivity contribution in [2.75, 3.05) is 14.1 Å². The van der Waals surface area contributed by atoms with E-state index in [4.69, 9.17) is 8.83 Å². The highest BCUT2D eigenvalue weighted by Crippen LogP contribution is 2.26. The van der Waals surface area contributed by atoms with E-state index in [-0.39, 0.29) is 18.2 Å². The van der Waals surface area contributed by atoms with E-state index < -0.39 is 11.9 Å². The van der Waals surface area contributed by atoms with Crippen LogP contribution < -0.4 is 10.6 Å². The molecule has 142 valence electrons. The number of furan rings is 2. The molecule has 0 aliphatic heterocycles. The SMILES string of the molecule is CC(NC(=O)c1oc2ccccc2c1CN(C)C)C(=O)NCc1ccco1. The quantitative estimate of drug-likeness (QED) is 0.668. The van der Waals surface area contributed by atoms with Crippen LogP contribution >= 0.6 is 0 Å². The van der Waals surface area contributed by atoms with E-state index in [2.05, 4.69) is 10.6 Å². The van der Waals surface area contributed by atoms with Gasteiger partial charge in [-0.2, -0.15) is 0 Å². The Bertz CT molecular complexity index is 928. The first-order valence-corrected chi connectivity index (χ1v) is 8.72. The van der Waals surface area contributed by atoms with Gasteiger partial charge in [0.1, 0.15) is 17.4 Å². The molecule has 0 bridgehead atoms. The zero-order valence-electron chi connectivity index (χ0n) is 15.6. The Morgan fingerprint density at radius 2 is 1.93 bits per heavy atom. The third kappa shape index (κ3) is 4.38. The number of hydrogen-bond acceptors (Lipinski definition) is 5. The highest BCUT2D eigenvalue weighted by molar-refractivity contribution is 6.01. The normalized spacial score (nSPS) is 12.3. The standard InChI is InChI=1S/C20H23N3O4/c1-13(19(24)21-11-14-7-6-10-26-14)22-20(25)18-16(12-23(2)3)15-8-4-5-9-17(15)27-18/h4-10,13H,11-12H2,1-3H3,(H,21,24)(H,22,25). The largest absolute Gasteiger partial charge is 0.467 e. The predicted molar refractivity (Wildman–Crippen MR) is 101 cm³/mol. The lowest BCUT2D eigenvalue weighted by Crippen LogP contribution is -2.44. The molecule has 1 aromatic carbocycles. The summed E-state index contributed by atoms with van der Waals surface area (Å²) in [5.74, 6) is 0.164. The van der Waals surface area contributed by atoms with Crippen molar-refractivity contribution < 1.29 is 18.4 Å². The van der Waals surface area contributed by atoms with Crippen LogP contribution in [0.3, 0.4) is 0 Å². The zero-order chi connectivity index (χ0) is 19.4. The van der Waals surface area contributed by atoms with E-state index in [0.717, 1.165) is 10.9 Å². The summed E-state index contributed by atoms with van der Waals surface area (Å²) >= 11 is 0. The van der Waals surface area contributed by atoms with Gasteiger partial charge in [0.05, 0.1) is 12.8 Å². The van der Waals surface area contributed by atoms with Crippen molar-refractivity contribution in [1.29, 1.82) is 0 Å². The molecule has 0 fully saturated rings. The minimum absolute atomic E-state index is 0.232. The molecule has 7 heteroatoms. The third-order valence-corrected chi connectivity index (χ3v) is 4.14. The van der Waals surface area contributed by atoms with Crippen molar-refractivity contribution in [1.82, 2.24) is 15.5 Å². The number of nitrogens with zero attached hydrogens (tertiary/aromatic N) is 1. The Balaban J connectivity index is 1.72. The maximum absolute atomic E-state index is 12.7. The van der Waals surface area contributed by atoms with Gasteiger partial charge in [0.25, 0.3) is 5.91 Å². The fraction of sp³-hybridized carbons (Fsp3) is 0.300. The van der Waals surface area contributed by atoms with Crippen LogP contribution in [0.1, 0.15) is 28.8 Å². The summed E-state index contributed by atoms with van der Waals surface area (Å²) in [5, 5.41) is 6.33. The van der Waals surface area contributed by atoms with Crippen LogP contribution in [-0.4, -0.2) is 36.9 Å². The molecule has 0 saturated carbocycles. The molecule has 2 heterocycles. The van der Waals surface area contributed by atoms with Crippen molar-refractivity contribution in [2.24, 2.45) is 0 Å². The van der Waals surface area contributed by atoms with Crippen LogP contribution in [-0.2, 0) is 17.9 Å². The van der Waals surface area contributed by atoms with E-state index in [1.165, 1.54) is 0 Å². The number of amides is 2. The van der Waals surface area contributed by atoms with E-state index in [0.29, 0.717) is 17.9 Å². The Morgan fingerprint density at radius 1 is 1.15 bits per heavy atom. The van der Waals surface area contributed by atoms with Crippen LogP contribution in [0.4, 0.5) is 0 Å². The van der Waals surface area contributed by atoms with Gasteiger partial charge in [0.2, 0.25) is 5.91 Å². The zero-order valence-corrected chi connectivity index (χ0v) is 15.6. The molecule has 2 N–H and O–H groups in total. The molecular weight excluding hydrogens is 346 g/mol. The molecule has 0 aliphatic carbocycles. The number of benzene rings is 1. The van der Waals surface area contributed by atoms with Gasteiger partial charge in [0.15, 0.2) is 5.76 Å². The fourth-order valence-electron chi connectivity index (χ4n) is 2.82. The second kappa shape index (κ2) is 8.09. The van der Waals surface area contributed by atoms with Gasteiger partial charge in [-0.3, -0.25) is 9.59 Å². The molecule has 1 unspecified atom stereocenters. The predicted octanol–water partition coefficient (Wildman–Crippen LogP) is 2.52. The second-order valence-electron chi connectivity index (χ2n) is 6.64. The van der Waals surface area contributed by atoms with Crippen LogP contribution in [0.2, 0.25) is 0 Å². The minimum atomic E-state index is -0.715. The van der Waals surface area contributed by atoms with Gasteiger partial charge in [-0.05, 0) is 39.2 Å². The number of hydrogen-bond donors (Lipinski definition) is 2. The van der Waals surface area contributed by atoms with E-state index in [9.17, 15) is 9.59 Å². The monoisotopic (exact) mass is 369 g/mol. The lowest BCUT2D eigenvalue weighted by atomic mass is 10.1. The van der Waals surface area contributed by atoms with Gasteiger partial charge < -0.3 is 24.4 Å². The van der Waals surface area contributed by atoms with Gasteiger partial charge in [-0.1, -0.05) is 18.2 Å². The van der Waals surface area contributed by atoms with Crippen LogP contribution in [0.25, 0.3) is 11.0 Å². The van der Waals surface area contributed by atoms with E-state index in [1.807, 2.05) is 43.3 Å². The molecule has 7 nitrogen and oxygen atoms in total. The van der Waals surface area contributed by atoms with Crippen molar-refractivity contribution in [3.05, 3.63) is 59.7 Å². The average molecular weight is 369 g/mol. The molecule has 0 aliphatic rings. The third-order valence-electron chi connectivity index (χ3n) is 4.14. The molecular formula is C20H23N3O4. The Labute approximate surface area is 157 Å². The summed E-state index contributed by atoms with van der Waals surface area (Å²) in [6.07, 6.45) is 1.54. The van der Waals surface area contributed by atoms with E-state index in [1.54, 1.807) is 25.3 Å². The van der Waals surface area contributed by atoms with Crippen LogP contribution in [0, 0.1) is 0 Å². The summed E-state index contributed by atoms with van der Waals surface area (Å²) in [5.41, 5.74) is 1.45. The lowest BCUT2D eigenvalue weighted by molar-refractivity contribution is -0.122. The molecule has 3 rings (SSSR count). The smallest absolute Gasteiger partial charge is 0.288 e. The lowest BCUT2D eigenvalue weighted by Gasteiger charge is -2.14. The number of carbonyl (C=O) groups is 2. The van der Waals surface area contributed by atoms with Crippen molar-refractivity contribution in [3.8, 4) is 0 Å². The average Bonchev–Trinajstić information content (AvgIpc) is 3.27. The molecule has 0 saturated heterocycles. The summed E-state index contributed by atoms with van der Waals surface area (Å²) in [4.78, 5) is 26.9. The number of fused-ring (bicyclic) bond motifs is 1. The van der Waals surface area contributed by atoms with Gasteiger partial charge >= 0.3 is 0 Å². The maximum Gasteiger partial charge on any atom is 0.288 e. The molecule has 2 aromatic heterocycles. The Kier molecular flexibility index (Phi) is 5.61. The number of para-hydroxylation sites is 1. The number of rotatable bonds is 7. The molecule has 0 spiro atoms. The summed E-state index contributed by atoms with van der Waals surface area (Å²) in [7, 11) is 3.85. The maximum atomic E-state index is 12.7. The van der Waals surface area contributed by atoms with Crippen molar-refractivity contribution in [3.63, 3.8) is 0 Å². The molecule has 3 aromatic rings. The second-order valence-corrected chi connectivity index (χ2v) is 6.64. The van der Waals surface area contributed by atoms with Crippen molar-refractivity contribution >= 4 is 22.8 Å². The Morgan fingerprint density at radius 3 is 2.63 bits per heavy atom. The molecule has 2 amide bonds. The molecule has 1 atom stereocenters. The highest BCUT2D eigenvalue weighted by atomic mass is 16.3. The van der Waals surface area contributed by atoms with Crippen LogP contribution in [0.5, 0.6) is 0 Å². The van der Waals surface area contributed by atoms with Crippen molar-refractivity contribution in [2.45, 2.75) is 26.1 Å². The highest BCUT2D eigenvalue weighted by Gasteiger charge is 2.24. The number of carbonyl (C=O) groups excluding carboxylic acids is 2. The number of nitrogens with one attached hydrogen (secondary N) is 2. The van der Waals surface area contributed by atoms with Gasteiger partial charge in [-0.15, -0.1) is 0 Å². The first-order chi connectivity index (χ1) is 13.0. The summed E-state index contributed by atoms with van der Waals surface area (Å²) in [6, 6.07) is 10.3. The molecule has 0 radical (unpaired) electrons. The summed E-state index contributed by atoms with van der Waals surface area (Å²) < 4.78 is 11.0. The first kappa shape index (κ1) is 18.7. The van der Waals surface area contributed by atoms with E-state index >= 15 is 0 Å². The minimum Gasteiger partial charge on any atom is -0.467 e. The van der Waals surface area contributed by atoms with Gasteiger partial charge in [-0.25, -0.2) is 0 Å². The summed E-state index contributed by atoms with van der Waals surface area (Å²) in [6.45, 7) is 2.45. The first-order valence-electron chi connectivity index (χ1n) is 8.72.